The molecular weight excluding hydrogens is 318 g/mol. The van der Waals surface area contributed by atoms with E-state index in [4.69, 9.17) is 11.6 Å². The van der Waals surface area contributed by atoms with E-state index in [0.717, 1.165) is 0 Å². The van der Waals surface area contributed by atoms with Crippen LogP contribution in [-0.2, 0) is 10.3 Å². The summed E-state index contributed by atoms with van der Waals surface area (Å²) in [4.78, 5) is 32.1. The topological polar surface area (TPSA) is 92.2 Å². The van der Waals surface area contributed by atoms with Crippen LogP contribution in [0.15, 0.2) is 36.7 Å². The number of hydrogen-bond donors (Lipinski definition) is 2. The number of carboxylic acids is 1. The minimum Gasteiger partial charge on any atom is -0.479 e. The fourth-order valence-corrected chi connectivity index (χ4v) is 2.39. The van der Waals surface area contributed by atoms with Crippen LogP contribution in [0.3, 0.4) is 0 Å². The third-order valence-electron chi connectivity index (χ3n) is 3.60. The van der Waals surface area contributed by atoms with Crippen LogP contribution < -0.4 is 5.32 Å². The molecule has 0 spiro atoms. The highest BCUT2D eigenvalue weighted by molar-refractivity contribution is 6.30. The number of nitrogens with zero attached hydrogens (tertiary/aromatic N) is 2. The minimum absolute atomic E-state index is 0.116. The molecule has 1 aromatic carbocycles. The molecule has 1 heterocycles. The Kier molecular flexibility index (Phi) is 4.95. The number of carbonyl (C=O) groups is 2. The smallest absolute Gasteiger partial charge is 0.334 e. The van der Waals surface area contributed by atoms with Crippen LogP contribution in [0, 0.1) is 6.92 Å². The van der Waals surface area contributed by atoms with Gasteiger partial charge in [0.25, 0.3) is 5.91 Å². The lowest BCUT2D eigenvalue weighted by Crippen LogP contribution is -2.51. The highest BCUT2D eigenvalue weighted by Crippen LogP contribution is 2.27. The van der Waals surface area contributed by atoms with Crippen molar-refractivity contribution in [3.05, 3.63) is 58.6 Å². The first-order valence-corrected chi connectivity index (χ1v) is 7.37. The first-order chi connectivity index (χ1) is 10.9. The predicted molar refractivity (Wildman–Crippen MR) is 85.3 cm³/mol. The van der Waals surface area contributed by atoms with Crippen molar-refractivity contribution in [2.24, 2.45) is 0 Å². The Bertz CT molecular complexity index is 734. The highest BCUT2D eigenvalue weighted by atomic mass is 35.5. The van der Waals surface area contributed by atoms with Gasteiger partial charge in [-0.3, -0.25) is 4.79 Å². The van der Waals surface area contributed by atoms with Gasteiger partial charge in [0.2, 0.25) is 0 Å². The lowest BCUT2D eigenvalue weighted by Gasteiger charge is -2.30. The van der Waals surface area contributed by atoms with Gasteiger partial charge in [-0.1, -0.05) is 30.7 Å². The summed E-state index contributed by atoms with van der Waals surface area (Å²) in [5.41, 5.74) is -0.379. The van der Waals surface area contributed by atoms with Crippen molar-refractivity contribution in [1.29, 1.82) is 0 Å². The van der Waals surface area contributed by atoms with Crippen LogP contribution in [0.2, 0.25) is 5.02 Å². The average molecular weight is 334 g/mol. The van der Waals surface area contributed by atoms with Crippen molar-refractivity contribution < 1.29 is 14.7 Å². The van der Waals surface area contributed by atoms with Crippen molar-refractivity contribution in [1.82, 2.24) is 15.3 Å². The second kappa shape index (κ2) is 6.75. The van der Waals surface area contributed by atoms with Gasteiger partial charge >= 0.3 is 5.97 Å². The van der Waals surface area contributed by atoms with E-state index < -0.39 is 17.4 Å². The van der Waals surface area contributed by atoms with Crippen LogP contribution in [0.5, 0.6) is 0 Å². The molecule has 0 aliphatic heterocycles. The zero-order valence-electron chi connectivity index (χ0n) is 12.7. The van der Waals surface area contributed by atoms with Crippen LogP contribution in [0.1, 0.15) is 35.1 Å². The van der Waals surface area contributed by atoms with Gasteiger partial charge in [-0.2, -0.15) is 0 Å². The molecule has 1 aromatic heterocycles. The van der Waals surface area contributed by atoms with E-state index in [2.05, 4.69) is 15.3 Å². The maximum Gasteiger partial charge on any atom is 0.334 e. The van der Waals surface area contributed by atoms with E-state index in [1.165, 1.54) is 12.4 Å². The molecule has 0 fully saturated rings. The first-order valence-electron chi connectivity index (χ1n) is 6.99. The van der Waals surface area contributed by atoms with Crippen molar-refractivity contribution >= 4 is 23.5 Å². The summed E-state index contributed by atoms with van der Waals surface area (Å²) < 4.78 is 0. The van der Waals surface area contributed by atoms with Crippen molar-refractivity contribution in [2.45, 2.75) is 25.8 Å². The third kappa shape index (κ3) is 3.48. The number of carboxylic acid groups (broad SMARTS) is 1. The van der Waals surface area contributed by atoms with Crippen molar-refractivity contribution in [3.63, 3.8) is 0 Å². The third-order valence-corrected chi connectivity index (χ3v) is 3.85. The minimum atomic E-state index is -1.56. The number of benzene rings is 1. The van der Waals surface area contributed by atoms with E-state index in [0.29, 0.717) is 16.3 Å². The maximum absolute atomic E-state index is 12.4. The Labute approximate surface area is 138 Å². The summed E-state index contributed by atoms with van der Waals surface area (Å²) in [6.45, 7) is 3.41. The van der Waals surface area contributed by atoms with Gasteiger partial charge in [-0.25, -0.2) is 14.8 Å². The Hall–Kier alpha value is -2.47. The van der Waals surface area contributed by atoms with Crippen LogP contribution >= 0.6 is 11.6 Å². The van der Waals surface area contributed by atoms with Crippen LogP contribution in [0.4, 0.5) is 0 Å². The molecule has 1 amide bonds. The van der Waals surface area contributed by atoms with Gasteiger partial charge in [0.1, 0.15) is 12.0 Å². The number of halogens is 1. The first kappa shape index (κ1) is 16.9. The van der Waals surface area contributed by atoms with Gasteiger partial charge in [0.05, 0.1) is 0 Å². The highest BCUT2D eigenvalue weighted by Gasteiger charge is 2.40. The lowest BCUT2D eigenvalue weighted by molar-refractivity contribution is -0.145. The summed E-state index contributed by atoms with van der Waals surface area (Å²) in [5, 5.41) is 12.8. The molecular formula is C16H16ClN3O3. The number of aromatic nitrogens is 2. The molecule has 0 bridgehead atoms. The SMILES string of the molecule is CCC(NC(=O)c1cc(C)ncn1)(C(=O)O)c1ccc(Cl)cc1. The van der Waals surface area contributed by atoms with Gasteiger partial charge < -0.3 is 10.4 Å². The summed E-state index contributed by atoms with van der Waals surface area (Å²) >= 11 is 5.85. The molecule has 0 aliphatic rings. The van der Waals surface area contributed by atoms with E-state index in [-0.39, 0.29) is 12.1 Å². The molecule has 23 heavy (non-hydrogen) atoms. The van der Waals surface area contributed by atoms with E-state index in [9.17, 15) is 14.7 Å². The maximum atomic E-state index is 12.4. The molecule has 1 atom stereocenters. The zero-order valence-corrected chi connectivity index (χ0v) is 13.5. The summed E-state index contributed by atoms with van der Waals surface area (Å²) in [7, 11) is 0. The fraction of sp³-hybridized carbons (Fsp3) is 0.250. The quantitative estimate of drug-likeness (QED) is 0.877. The van der Waals surface area contributed by atoms with E-state index >= 15 is 0 Å². The second-order valence-electron chi connectivity index (χ2n) is 5.07. The molecule has 1 unspecified atom stereocenters. The van der Waals surface area contributed by atoms with Gasteiger partial charge in [0, 0.05) is 10.7 Å². The van der Waals surface area contributed by atoms with Crippen molar-refractivity contribution in [2.75, 3.05) is 0 Å². The number of nitrogens with one attached hydrogen (secondary N) is 1. The van der Waals surface area contributed by atoms with Gasteiger partial charge in [-0.05, 0) is 37.1 Å². The van der Waals surface area contributed by atoms with Gasteiger partial charge in [0.15, 0.2) is 5.54 Å². The molecule has 2 N–H and O–H groups in total. The summed E-state index contributed by atoms with van der Waals surface area (Å²) in [6.07, 6.45) is 1.43. The molecule has 6 nitrogen and oxygen atoms in total. The van der Waals surface area contributed by atoms with Crippen molar-refractivity contribution in [3.8, 4) is 0 Å². The average Bonchev–Trinajstić information content (AvgIpc) is 2.53. The predicted octanol–water partition coefficient (Wildman–Crippen LogP) is 2.56. The van der Waals surface area contributed by atoms with Gasteiger partial charge in [-0.15, -0.1) is 0 Å². The largest absolute Gasteiger partial charge is 0.479 e. The number of rotatable bonds is 5. The molecule has 0 radical (unpaired) electrons. The Morgan fingerprint density at radius 2 is 1.91 bits per heavy atom. The molecule has 0 saturated carbocycles. The number of aryl methyl sites for hydroxylation is 1. The fourth-order valence-electron chi connectivity index (χ4n) is 2.26. The molecule has 2 aromatic rings. The van der Waals surface area contributed by atoms with Crippen LogP contribution in [0.25, 0.3) is 0 Å². The second-order valence-corrected chi connectivity index (χ2v) is 5.51. The number of carbonyl (C=O) groups excluding carboxylic acids is 1. The Morgan fingerprint density at radius 1 is 1.26 bits per heavy atom. The van der Waals surface area contributed by atoms with E-state index in [1.807, 2.05) is 0 Å². The molecule has 0 aliphatic carbocycles. The summed E-state index contributed by atoms with van der Waals surface area (Å²) in [5.74, 6) is -1.73. The number of amides is 1. The number of aliphatic carboxylic acids is 1. The normalized spacial score (nSPS) is 13.2. The Balaban J connectivity index is 2.41. The monoisotopic (exact) mass is 333 g/mol. The zero-order chi connectivity index (χ0) is 17.0. The molecule has 7 heteroatoms. The van der Waals surface area contributed by atoms with E-state index in [1.54, 1.807) is 38.1 Å². The number of hydrogen-bond acceptors (Lipinski definition) is 4. The van der Waals surface area contributed by atoms with Crippen LogP contribution in [-0.4, -0.2) is 27.0 Å². The standard InChI is InChI=1S/C16H16ClN3O3/c1-3-16(15(22)23,11-4-6-12(17)7-5-11)20-14(21)13-8-10(2)18-9-19-13/h4-9H,3H2,1-2H3,(H,20,21)(H,22,23). The Morgan fingerprint density at radius 3 is 2.43 bits per heavy atom. The molecule has 0 saturated heterocycles. The molecule has 120 valence electrons. The molecule has 2 rings (SSSR count). The lowest BCUT2D eigenvalue weighted by atomic mass is 9.87. The summed E-state index contributed by atoms with van der Waals surface area (Å²) in [6, 6.07) is 7.85.